The standard InChI is InChI=1S/C22H16N2O4/c1-13-3-2-4-19-20(13)24-21(28-19)14-5-8-17(9-6-14)23-12-16-11-15(22(26)27)7-10-18(16)25/h2-12,25H,1H3,(H,26,27)/p-1. The van der Waals surface area contributed by atoms with Crippen molar-refractivity contribution in [1.29, 1.82) is 0 Å². The van der Waals surface area contributed by atoms with Crippen molar-refractivity contribution in [2.75, 3.05) is 0 Å². The first-order valence-corrected chi connectivity index (χ1v) is 8.56. The number of aromatic nitrogens is 1. The number of hydrogen-bond acceptors (Lipinski definition) is 5. The van der Waals surface area contributed by atoms with Crippen molar-refractivity contribution in [1.82, 2.24) is 4.98 Å². The smallest absolute Gasteiger partial charge is 0.335 e. The Morgan fingerprint density at radius 3 is 2.64 bits per heavy atom. The number of oxazole rings is 1. The minimum Gasteiger partial charge on any atom is -0.872 e. The fourth-order valence-corrected chi connectivity index (χ4v) is 2.83. The number of fused-ring (bicyclic) bond motifs is 1. The fourth-order valence-electron chi connectivity index (χ4n) is 2.83. The lowest BCUT2D eigenvalue weighted by Crippen LogP contribution is -2.01. The van der Waals surface area contributed by atoms with E-state index >= 15 is 0 Å². The maximum Gasteiger partial charge on any atom is 0.335 e. The number of aliphatic imine (C=N–C) groups is 1. The molecule has 0 saturated carbocycles. The van der Waals surface area contributed by atoms with Crippen LogP contribution >= 0.6 is 0 Å². The zero-order valence-electron chi connectivity index (χ0n) is 14.9. The van der Waals surface area contributed by atoms with E-state index in [-0.39, 0.29) is 16.9 Å². The highest BCUT2D eigenvalue weighted by Crippen LogP contribution is 2.27. The number of aromatic carboxylic acids is 1. The van der Waals surface area contributed by atoms with Crippen LogP contribution < -0.4 is 5.11 Å². The summed E-state index contributed by atoms with van der Waals surface area (Å²) in [6, 6.07) is 16.8. The predicted molar refractivity (Wildman–Crippen MR) is 104 cm³/mol. The van der Waals surface area contributed by atoms with Crippen LogP contribution in [0.3, 0.4) is 0 Å². The molecule has 0 saturated heterocycles. The lowest BCUT2D eigenvalue weighted by Gasteiger charge is -2.10. The molecule has 0 bridgehead atoms. The molecule has 1 N–H and O–H groups in total. The topological polar surface area (TPSA) is 98.8 Å². The molecule has 6 heteroatoms. The molecule has 0 aliphatic heterocycles. The Morgan fingerprint density at radius 1 is 1.14 bits per heavy atom. The molecule has 0 atom stereocenters. The van der Waals surface area contributed by atoms with E-state index in [1.165, 1.54) is 24.4 Å². The number of carboxylic acids is 1. The first-order chi connectivity index (χ1) is 13.5. The number of aryl methyl sites for hydroxylation is 1. The number of carboxylic acid groups (broad SMARTS) is 1. The Bertz CT molecular complexity index is 1210. The molecular formula is C22H15N2O4-. The van der Waals surface area contributed by atoms with Gasteiger partial charge < -0.3 is 14.6 Å². The number of rotatable bonds is 4. The summed E-state index contributed by atoms with van der Waals surface area (Å²) in [6.45, 7) is 1.98. The zero-order chi connectivity index (χ0) is 19.7. The molecule has 6 nitrogen and oxygen atoms in total. The molecule has 138 valence electrons. The molecule has 28 heavy (non-hydrogen) atoms. The van der Waals surface area contributed by atoms with E-state index in [0.29, 0.717) is 11.6 Å². The Morgan fingerprint density at radius 2 is 1.93 bits per heavy atom. The van der Waals surface area contributed by atoms with Crippen molar-refractivity contribution < 1.29 is 19.4 Å². The highest BCUT2D eigenvalue weighted by Gasteiger charge is 2.09. The zero-order valence-corrected chi connectivity index (χ0v) is 14.9. The lowest BCUT2D eigenvalue weighted by atomic mass is 10.1. The van der Waals surface area contributed by atoms with E-state index in [9.17, 15) is 9.90 Å². The molecule has 1 aromatic heterocycles. The third-order valence-corrected chi connectivity index (χ3v) is 4.34. The summed E-state index contributed by atoms with van der Waals surface area (Å²) in [5.41, 5.74) is 4.31. The summed E-state index contributed by atoms with van der Waals surface area (Å²) < 4.78 is 5.81. The van der Waals surface area contributed by atoms with Gasteiger partial charge in [0.05, 0.1) is 11.3 Å². The van der Waals surface area contributed by atoms with Gasteiger partial charge in [0.25, 0.3) is 0 Å². The van der Waals surface area contributed by atoms with E-state index in [1.54, 1.807) is 12.1 Å². The molecule has 1 heterocycles. The second kappa shape index (κ2) is 7.00. The first-order valence-electron chi connectivity index (χ1n) is 8.56. The van der Waals surface area contributed by atoms with E-state index in [1.807, 2.05) is 37.3 Å². The number of para-hydroxylation sites is 1. The van der Waals surface area contributed by atoms with Gasteiger partial charge in [0.15, 0.2) is 5.58 Å². The third kappa shape index (κ3) is 3.35. The van der Waals surface area contributed by atoms with Crippen molar-refractivity contribution in [2.24, 2.45) is 4.99 Å². The number of nitrogens with zero attached hydrogens (tertiary/aromatic N) is 2. The molecule has 4 aromatic rings. The van der Waals surface area contributed by atoms with Gasteiger partial charge in [-0.25, -0.2) is 9.78 Å². The van der Waals surface area contributed by atoms with Gasteiger partial charge in [-0.05, 0) is 60.5 Å². The molecular weight excluding hydrogens is 356 g/mol. The largest absolute Gasteiger partial charge is 0.872 e. The van der Waals surface area contributed by atoms with Gasteiger partial charge in [-0.1, -0.05) is 18.2 Å². The Hall–Kier alpha value is -3.93. The first kappa shape index (κ1) is 17.5. The van der Waals surface area contributed by atoms with Gasteiger partial charge in [0.2, 0.25) is 5.89 Å². The minimum atomic E-state index is -1.09. The Labute approximate surface area is 160 Å². The third-order valence-electron chi connectivity index (χ3n) is 4.34. The maximum absolute atomic E-state index is 11.9. The summed E-state index contributed by atoms with van der Waals surface area (Å²) in [6.07, 6.45) is 1.37. The van der Waals surface area contributed by atoms with E-state index in [2.05, 4.69) is 9.98 Å². The van der Waals surface area contributed by atoms with Gasteiger partial charge in [0.1, 0.15) is 5.52 Å². The molecule has 0 radical (unpaired) electrons. The number of hydrogen-bond donors (Lipinski definition) is 1. The lowest BCUT2D eigenvalue weighted by molar-refractivity contribution is -0.268. The molecule has 0 aliphatic rings. The van der Waals surface area contributed by atoms with Crippen molar-refractivity contribution >= 4 is 29.0 Å². The van der Waals surface area contributed by atoms with Crippen LogP contribution in [-0.2, 0) is 0 Å². The van der Waals surface area contributed by atoms with Crippen LogP contribution in [0.4, 0.5) is 5.69 Å². The second-order valence-electron chi connectivity index (χ2n) is 6.30. The fraction of sp³-hybridized carbons (Fsp3) is 0.0455. The Kier molecular flexibility index (Phi) is 4.37. The molecule has 0 aliphatic carbocycles. The molecule has 0 amide bonds. The van der Waals surface area contributed by atoms with Crippen LogP contribution in [0.25, 0.3) is 22.6 Å². The van der Waals surface area contributed by atoms with Crippen LogP contribution in [-0.4, -0.2) is 22.3 Å². The van der Waals surface area contributed by atoms with Crippen LogP contribution in [0.15, 0.2) is 70.1 Å². The highest BCUT2D eigenvalue weighted by molar-refractivity contribution is 5.93. The summed E-state index contributed by atoms with van der Waals surface area (Å²) in [7, 11) is 0. The minimum absolute atomic E-state index is 0.0441. The molecule has 3 aromatic carbocycles. The summed E-state index contributed by atoms with van der Waals surface area (Å²) >= 11 is 0. The van der Waals surface area contributed by atoms with E-state index in [4.69, 9.17) is 9.52 Å². The molecule has 4 rings (SSSR count). The van der Waals surface area contributed by atoms with Crippen molar-refractivity contribution in [3.8, 4) is 17.2 Å². The molecule has 0 spiro atoms. The van der Waals surface area contributed by atoms with Crippen LogP contribution in [0, 0.1) is 6.92 Å². The summed E-state index contributed by atoms with van der Waals surface area (Å²) in [5, 5.41) is 20.9. The van der Waals surface area contributed by atoms with Crippen molar-refractivity contribution in [2.45, 2.75) is 6.92 Å². The number of carbonyl (C=O) groups is 1. The molecule has 0 unspecified atom stereocenters. The SMILES string of the molecule is Cc1cccc2oc(-c3ccc(N=Cc4cc(C(=O)O)ccc4[O-])cc3)nc12. The van der Waals surface area contributed by atoms with Crippen LogP contribution in [0.1, 0.15) is 21.5 Å². The van der Waals surface area contributed by atoms with Gasteiger partial charge in [-0.15, -0.1) is 5.75 Å². The maximum atomic E-state index is 11.9. The van der Waals surface area contributed by atoms with Crippen molar-refractivity contribution in [3.05, 3.63) is 77.4 Å². The normalized spacial score (nSPS) is 11.3. The van der Waals surface area contributed by atoms with Crippen LogP contribution in [0.2, 0.25) is 0 Å². The van der Waals surface area contributed by atoms with Crippen LogP contribution in [0.5, 0.6) is 5.75 Å². The second-order valence-corrected chi connectivity index (χ2v) is 6.30. The monoisotopic (exact) mass is 371 g/mol. The van der Waals surface area contributed by atoms with Gasteiger partial charge in [0, 0.05) is 11.8 Å². The van der Waals surface area contributed by atoms with E-state index in [0.717, 1.165) is 22.2 Å². The summed E-state index contributed by atoms with van der Waals surface area (Å²) in [5.74, 6) is -0.851. The number of benzene rings is 3. The van der Waals surface area contributed by atoms with Gasteiger partial charge >= 0.3 is 5.97 Å². The summed E-state index contributed by atoms with van der Waals surface area (Å²) in [4.78, 5) is 19.8. The average Bonchev–Trinajstić information content (AvgIpc) is 3.13. The quantitative estimate of drug-likeness (QED) is 0.539. The highest BCUT2D eigenvalue weighted by atomic mass is 16.4. The van der Waals surface area contributed by atoms with Gasteiger partial charge in [-0.3, -0.25) is 4.99 Å². The predicted octanol–water partition coefficient (Wildman–Crippen LogP) is 4.33. The van der Waals surface area contributed by atoms with Gasteiger partial charge in [-0.2, -0.15) is 0 Å². The Balaban J connectivity index is 1.59. The average molecular weight is 371 g/mol. The van der Waals surface area contributed by atoms with E-state index < -0.39 is 5.97 Å². The van der Waals surface area contributed by atoms with Crippen molar-refractivity contribution in [3.63, 3.8) is 0 Å². The molecule has 0 fully saturated rings.